The van der Waals surface area contributed by atoms with Gasteiger partial charge in [0.05, 0.1) is 6.61 Å². The Kier molecular flexibility index (Phi) is 7.40. The van der Waals surface area contributed by atoms with Gasteiger partial charge in [0.15, 0.2) is 0 Å². The van der Waals surface area contributed by atoms with E-state index in [1.807, 2.05) is 41.8 Å². The van der Waals surface area contributed by atoms with Crippen molar-refractivity contribution in [3.63, 3.8) is 0 Å². The van der Waals surface area contributed by atoms with Crippen molar-refractivity contribution in [3.8, 4) is 0 Å². The van der Waals surface area contributed by atoms with Gasteiger partial charge in [-0.25, -0.2) is 13.2 Å². The minimum absolute atomic E-state index is 0.0162. The first-order valence-electron chi connectivity index (χ1n) is 10.9. The van der Waals surface area contributed by atoms with E-state index in [0.29, 0.717) is 30.8 Å². The quantitative estimate of drug-likeness (QED) is 0.638. The Morgan fingerprint density at radius 3 is 2.25 bits per heavy atom. The van der Waals surface area contributed by atoms with Crippen LogP contribution >= 0.6 is 0 Å². The molecule has 9 heteroatoms. The first-order chi connectivity index (χ1) is 15.2. The van der Waals surface area contributed by atoms with Gasteiger partial charge in [0.1, 0.15) is 10.5 Å². The second kappa shape index (κ2) is 9.87. The molecular weight excluding hydrogens is 430 g/mol. The summed E-state index contributed by atoms with van der Waals surface area (Å²) in [5, 5.41) is 2.89. The number of amides is 1. The van der Waals surface area contributed by atoms with Crippen molar-refractivity contribution >= 4 is 27.6 Å². The number of hydrogen-bond acceptors (Lipinski definition) is 5. The van der Waals surface area contributed by atoms with Gasteiger partial charge in [-0.05, 0) is 52.7 Å². The zero-order chi connectivity index (χ0) is 23.5. The van der Waals surface area contributed by atoms with Crippen LogP contribution in [0.4, 0.5) is 5.69 Å². The Balaban J connectivity index is 1.81. The minimum Gasteiger partial charge on any atom is -0.462 e. The number of nitrogens with one attached hydrogen (secondary N) is 1. The van der Waals surface area contributed by atoms with Gasteiger partial charge in [0.2, 0.25) is 15.9 Å². The molecule has 1 aliphatic heterocycles. The van der Waals surface area contributed by atoms with Gasteiger partial charge in [-0.1, -0.05) is 18.2 Å². The van der Waals surface area contributed by atoms with E-state index < -0.39 is 16.0 Å². The summed E-state index contributed by atoms with van der Waals surface area (Å²) >= 11 is 0. The summed E-state index contributed by atoms with van der Waals surface area (Å²) in [6.07, 6.45) is 0.832. The maximum absolute atomic E-state index is 13.6. The summed E-state index contributed by atoms with van der Waals surface area (Å²) in [6.45, 7) is 8.19. The third-order valence-corrected chi connectivity index (χ3v) is 8.05. The maximum atomic E-state index is 13.6. The Morgan fingerprint density at radius 2 is 1.69 bits per heavy atom. The summed E-state index contributed by atoms with van der Waals surface area (Å²) in [4.78, 5) is 25.3. The van der Waals surface area contributed by atoms with Crippen molar-refractivity contribution < 1.29 is 22.7 Å². The number of hydrogen-bond donors (Lipinski definition) is 1. The number of benzene rings is 1. The SMILES string of the molecule is CCOC(=O)c1c(S(=O)(=O)N2CCC(C(=O)Nc3ccccc3)CC2)c(C)n(CC)c1C. The highest BCUT2D eigenvalue weighted by atomic mass is 32.2. The van der Waals surface area contributed by atoms with Crippen molar-refractivity contribution in [2.24, 2.45) is 5.92 Å². The Labute approximate surface area is 189 Å². The molecule has 3 rings (SSSR count). The monoisotopic (exact) mass is 461 g/mol. The molecule has 0 atom stereocenters. The summed E-state index contributed by atoms with van der Waals surface area (Å²) in [5.41, 5.74) is 1.94. The molecule has 1 amide bonds. The Morgan fingerprint density at radius 1 is 1.06 bits per heavy atom. The highest BCUT2D eigenvalue weighted by Crippen LogP contribution is 2.32. The molecule has 2 heterocycles. The lowest BCUT2D eigenvalue weighted by atomic mass is 9.97. The summed E-state index contributed by atoms with van der Waals surface area (Å²) in [5.74, 6) is -1.00. The van der Waals surface area contributed by atoms with Crippen LogP contribution in [0.1, 0.15) is 48.4 Å². The van der Waals surface area contributed by atoms with Crippen LogP contribution in [0.15, 0.2) is 35.2 Å². The third-order valence-electron chi connectivity index (χ3n) is 5.99. The average Bonchev–Trinajstić information content (AvgIpc) is 3.04. The highest BCUT2D eigenvalue weighted by molar-refractivity contribution is 7.89. The van der Waals surface area contributed by atoms with Crippen molar-refractivity contribution in [1.82, 2.24) is 8.87 Å². The van der Waals surface area contributed by atoms with E-state index in [2.05, 4.69) is 5.32 Å². The number of aromatic nitrogens is 1. The number of carbonyl (C=O) groups is 2. The van der Waals surface area contributed by atoms with E-state index in [-0.39, 0.29) is 42.0 Å². The lowest BCUT2D eigenvalue weighted by Gasteiger charge is -2.30. The van der Waals surface area contributed by atoms with Crippen LogP contribution in [0.3, 0.4) is 0 Å². The number of carbonyl (C=O) groups excluding carboxylic acids is 2. The predicted octanol–water partition coefficient (Wildman–Crippen LogP) is 3.34. The molecule has 2 aromatic rings. The number of piperidine rings is 1. The number of nitrogens with zero attached hydrogens (tertiary/aromatic N) is 2. The molecule has 8 nitrogen and oxygen atoms in total. The summed E-state index contributed by atoms with van der Waals surface area (Å²) < 4.78 is 35.5. The lowest BCUT2D eigenvalue weighted by Crippen LogP contribution is -2.41. The zero-order valence-corrected chi connectivity index (χ0v) is 19.9. The smallest absolute Gasteiger partial charge is 0.341 e. The molecule has 0 unspecified atom stereocenters. The number of ether oxygens (including phenoxy) is 1. The van der Waals surface area contributed by atoms with Crippen molar-refractivity contribution in [2.75, 3.05) is 25.0 Å². The fraction of sp³-hybridized carbons (Fsp3) is 0.478. The molecule has 0 radical (unpaired) electrons. The van der Waals surface area contributed by atoms with E-state index in [4.69, 9.17) is 4.74 Å². The molecule has 1 fully saturated rings. The molecule has 1 aromatic heterocycles. The molecule has 1 saturated heterocycles. The first kappa shape index (κ1) is 24.0. The second-order valence-corrected chi connectivity index (χ2v) is 9.75. The number of sulfonamides is 1. The van der Waals surface area contributed by atoms with Crippen LogP contribution in [0.5, 0.6) is 0 Å². The van der Waals surface area contributed by atoms with Crippen molar-refractivity contribution in [3.05, 3.63) is 47.3 Å². The normalized spacial score (nSPS) is 15.5. The van der Waals surface area contributed by atoms with Crippen LogP contribution < -0.4 is 5.32 Å². The summed E-state index contributed by atoms with van der Waals surface area (Å²) in [7, 11) is -3.93. The van der Waals surface area contributed by atoms with Gasteiger partial charge in [-0.15, -0.1) is 0 Å². The van der Waals surface area contributed by atoms with E-state index in [9.17, 15) is 18.0 Å². The lowest BCUT2D eigenvalue weighted by molar-refractivity contribution is -0.120. The largest absolute Gasteiger partial charge is 0.462 e. The van der Waals surface area contributed by atoms with Gasteiger partial charge >= 0.3 is 5.97 Å². The number of esters is 1. The Bertz CT molecular complexity index is 1080. The molecule has 0 aliphatic carbocycles. The number of anilines is 1. The predicted molar refractivity (Wildman–Crippen MR) is 122 cm³/mol. The fourth-order valence-electron chi connectivity index (χ4n) is 4.34. The molecule has 1 N–H and O–H groups in total. The minimum atomic E-state index is -3.93. The van der Waals surface area contributed by atoms with Crippen LogP contribution in [0.2, 0.25) is 0 Å². The van der Waals surface area contributed by atoms with Crippen LogP contribution in [-0.4, -0.2) is 48.9 Å². The van der Waals surface area contributed by atoms with E-state index in [0.717, 1.165) is 5.69 Å². The average molecular weight is 462 g/mol. The molecule has 1 aromatic carbocycles. The Hall–Kier alpha value is -2.65. The fourth-order valence-corrected chi connectivity index (χ4v) is 6.26. The van der Waals surface area contributed by atoms with E-state index in [1.54, 1.807) is 20.8 Å². The van der Waals surface area contributed by atoms with Gasteiger partial charge < -0.3 is 14.6 Å². The molecule has 0 bridgehead atoms. The van der Waals surface area contributed by atoms with Crippen LogP contribution in [0, 0.1) is 19.8 Å². The first-order valence-corrected chi connectivity index (χ1v) is 12.4. The van der Waals surface area contributed by atoms with Crippen molar-refractivity contribution in [1.29, 1.82) is 0 Å². The molecule has 32 heavy (non-hydrogen) atoms. The standard InChI is InChI=1S/C23H31N3O5S/c1-5-26-16(3)20(23(28)31-6-2)21(17(26)4)32(29,30)25-14-12-18(13-15-25)22(27)24-19-10-8-7-9-11-19/h7-11,18H,5-6,12-15H2,1-4H3,(H,24,27). The number of para-hydroxylation sites is 1. The van der Waals surface area contributed by atoms with Gasteiger partial charge in [-0.2, -0.15) is 4.31 Å². The molecule has 0 spiro atoms. The van der Waals surface area contributed by atoms with Crippen LogP contribution in [0.25, 0.3) is 0 Å². The molecule has 174 valence electrons. The second-order valence-electron chi connectivity index (χ2n) is 7.87. The van der Waals surface area contributed by atoms with E-state index in [1.165, 1.54) is 4.31 Å². The molecule has 0 saturated carbocycles. The van der Waals surface area contributed by atoms with Gasteiger partial charge in [0, 0.05) is 42.6 Å². The molecule has 1 aliphatic rings. The topological polar surface area (TPSA) is 97.7 Å². The van der Waals surface area contributed by atoms with Gasteiger partial charge in [0.25, 0.3) is 0 Å². The summed E-state index contributed by atoms with van der Waals surface area (Å²) in [6, 6.07) is 9.20. The highest BCUT2D eigenvalue weighted by Gasteiger charge is 2.38. The van der Waals surface area contributed by atoms with Gasteiger partial charge in [-0.3, -0.25) is 4.79 Å². The van der Waals surface area contributed by atoms with Crippen LogP contribution in [-0.2, 0) is 26.1 Å². The molecular formula is C23H31N3O5S. The van der Waals surface area contributed by atoms with Crippen molar-refractivity contribution in [2.45, 2.75) is 52.0 Å². The van der Waals surface area contributed by atoms with E-state index >= 15 is 0 Å². The third kappa shape index (κ3) is 4.59. The maximum Gasteiger partial charge on any atom is 0.341 e. The number of rotatable bonds is 7. The zero-order valence-electron chi connectivity index (χ0n) is 19.1.